The maximum atomic E-state index is 5.10. The fourth-order valence-corrected chi connectivity index (χ4v) is 11.0. The van der Waals surface area contributed by atoms with Crippen LogP contribution in [0.4, 0.5) is 0 Å². The molecule has 39 heavy (non-hydrogen) atoms. The standard InChI is InChI=1S/C35H23N2PSe/c39-38(25-11-3-1-4-12-25,26-13-5-2-6-14-26)27-20-22-28-24(23-27)19-21-30-34(28)29-15-7-9-17-32(29)37-33-18-10-8-16-31(33)36-35(30)37/h1-23H. The minimum absolute atomic E-state index is 1.01. The summed E-state index contributed by atoms with van der Waals surface area (Å²) in [7, 11) is 0. The number of fused-ring (bicyclic) bond motifs is 10. The molecule has 0 atom stereocenters. The monoisotopic (exact) mass is 582 g/mol. The number of pyridine rings is 1. The summed E-state index contributed by atoms with van der Waals surface area (Å²) in [6, 6.07) is 50.5. The maximum absolute atomic E-state index is 5.10. The quantitative estimate of drug-likeness (QED) is 0.121. The van der Waals surface area contributed by atoms with Crippen molar-refractivity contribution in [1.29, 1.82) is 0 Å². The number of aromatic nitrogens is 2. The molecule has 0 radical (unpaired) electrons. The second kappa shape index (κ2) is 8.76. The number of para-hydroxylation sites is 3. The van der Waals surface area contributed by atoms with Crippen molar-refractivity contribution in [3.63, 3.8) is 0 Å². The molecule has 0 aliphatic heterocycles. The Labute approximate surface area is 233 Å². The summed E-state index contributed by atoms with van der Waals surface area (Å²) in [5.74, 6) is 0. The SMILES string of the molecule is [Se]=P(c1ccccc1)(c1ccccc1)c1ccc2c(ccc3c2c2ccccc2n2c4ccccc4nc32)c1. The van der Waals surface area contributed by atoms with Crippen LogP contribution in [0.15, 0.2) is 140 Å². The summed E-state index contributed by atoms with van der Waals surface area (Å²) in [6.45, 7) is 0. The van der Waals surface area contributed by atoms with Gasteiger partial charge in [0.15, 0.2) is 0 Å². The predicted octanol–water partition coefficient (Wildman–Crippen LogP) is 7.32. The fraction of sp³-hybridized carbons (Fsp3) is 0. The number of hydrogen-bond acceptors (Lipinski definition) is 1. The fourth-order valence-electron chi connectivity index (χ4n) is 6.04. The number of hydrogen-bond donors (Lipinski definition) is 0. The van der Waals surface area contributed by atoms with Crippen LogP contribution in [0.2, 0.25) is 0 Å². The summed E-state index contributed by atoms with van der Waals surface area (Å²) in [5.41, 5.74) is 2.42. The topological polar surface area (TPSA) is 17.3 Å². The zero-order chi connectivity index (χ0) is 26.0. The summed E-state index contributed by atoms with van der Waals surface area (Å²) < 4.78 is 2.32. The molecule has 184 valence electrons. The molecule has 2 aromatic heterocycles. The van der Waals surface area contributed by atoms with E-state index in [2.05, 4.69) is 159 Å². The number of nitrogens with zero attached hydrogens (tertiary/aromatic N) is 2. The molecule has 0 N–H and O–H groups in total. The Morgan fingerprint density at radius 3 is 1.87 bits per heavy atom. The van der Waals surface area contributed by atoms with Gasteiger partial charge in [-0.1, -0.05) is 0 Å². The second-order valence-electron chi connectivity index (χ2n) is 9.95. The minimum atomic E-state index is -1.94. The van der Waals surface area contributed by atoms with Gasteiger partial charge in [0.1, 0.15) is 0 Å². The molecule has 4 heteroatoms. The Balaban J connectivity index is 1.47. The van der Waals surface area contributed by atoms with Gasteiger partial charge in [-0.05, 0) is 0 Å². The van der Waals surface area contributed by atoms with E-state index in [-0.39, 0.29) is 0 Å². The van der Waals surface area contributed by atoms with E-state index in [4.69, 9.17) is 4.98 Å². The van der Waals surface area contributed by atoms with Crippen LogP contribution in [0.1, 0.15) is 0 Å². The Morgan fingerprint density at radius 1 is 0.513 bits per heavy atom. The molecule has 0 amide bonds. The summed E-state index contributed by atoms with van der Waals surface area (Å²) in [6.07, 6.45) is 0. The van der Waals surface area contributed by atoms with E-state index in [0.717, 1.165) is 16.7 Å². The molecule has 0 bridgehead atoms. The predicted molar refractivity (Wildman–Crippen MR) is 170 cm³/mol. The van der Waals surface area contributed by atoms with Gasteiger partial charge in [-0.25, -0.2) is 0 Å². The zero-order valence-electron chi connectivity index (χ0n) is 21.0. The van der Waals surface area contributed by atoms with Crippen molar-refractivity contribution >= 4 is 85.6 Å². The van der Waals surface area contributed by atoms with Gasteiger partial charge in [0.05, 0.1) is 0 Å². The molecule has 8 rings (SSSR count). The van der Waals surface area contributed by atoms with Gasteiger partial charge in [-0.3, -0.25) is 0 Å². The first-order valence-corrected chi connectivity index (χ1v) is 17.1. The third kappa shape index (κ3) is 3.35. The first kappa shape index (κ1) is 22.9. The first-order chi connectivity index (χ1) is 19.2. The van der Waals surface area contributed by atoms with Crippen molar-refractivity contribution in [3.8, 4) is 0 Å². The summed E-state index contributed by atoms with van der Waals surface area (Å²) in [4.78, 5) is 5.10. The van der Waals surface area contributed by atoms with E-state index < -0.39 is 5.51 Å². The average molecular weight is 582 g/mol. The molecule has 8 aromatic rings. The third-order valence-electron chi connectivity index (χ3n) is 7.82. The van der Waals surface area contributed by atoms with Crippen LogP contribution >= 0.6 is 5.51 Å². The van der Waals surface area contributed by atoms with Crippen LogP contribution in [0.5, 0.6) is 0 Å². The van der Waals surface area contributed by atoms with Crippen molar-refractivity contribution in [3.05, 3.63) is 140 Å². The Bertz CT molecular complexity index is 2210. The molecule has 0 spiro atoms. The van der Waals surface area contributed by atoms with Crippen molar-refractivity contribution in [2.75, 3.05) is 0 Å². The average Bonchev–Trinajstić information content (AvgIpc) is 3.41. The van der Waals surface area contributed by atoms with Gasteiger partial charge >= 0.3 is 235 Å². The molecule has 0 saturated heterocycles. The molecule has 6 aromatic carbocycles. The van der Waals surface area contributed by atoms with E-state index in [0.29, 0.717) is 0 Å². The van der Waals surface area contributed by atoms with Gasteiger partial charge in [0.2, 0.25) is 0 Å². The Hall–Kier alpha value is -4.00. The van der Waals surface area contributed by atoms with E-state index in [1.165, 1.54) is 48.4 Å². The van der Waals surface area contributed by atoms with Crippen molar-refractivity contribution in [1.82, 2.24) is 9.38 Å². The van der Waals surface area contributed by atoms with E-state index in [1.807, 2.05) is 0 Å². The number of benzene rings is 6. The zero-order valence-corrected chi connectivity index (χ0v) is 23.6. The Morgan fingerprint density at radius 2 is 1.13 bits per heavy atom. The first-order valence-electron chi connectivity index (χ1n) is 13.1. The van der Waals surface area contributed by atoms with E-state index >= 15 is 0 Å². The van der Waals surface area contributed by atoms with Crippen molar-refractivity contribution < 1.29 is 0 Å². The Kier molecular flexibility index (Phi) is 5.15. The van der Waals surface area contributed by atoms with Crippen LogP contribution in [0.3, 0.4) is 0 Å². The van der Waals surface area contributed by atoms with Gasteiger partial charge in [-0.15, -0.1) is 0 Å². The summed E-state index contributed by atoms with van der Waals surface area (Å²) >= 11 is 3.71. The van der Waals surface area contributed by atoms with Gasteiger partial charge < -0.3 is 0 Å². The van der Waals surface area contributed by atoms with Crippen LogP contribution in [-0.4, -0.2) is 24.5 Å². The molecule has 0 aliphatic rings. The van der Waals surface area contributed by atoms with Gasteiger partial charge in [0.25, 0.3) is 0 Å². The van der Waals surface area contributed by atoms with Crippen LogP contribution in [0, 0.1) is 0 Å². The molecule has 0 aliphatic carbocycles. The normalized spacial score (nSPS) is 12.2. The van der Waals surface area contributed by atoms with Crippen LogP contribution < -0.4 is 15.9 Å². The molecule has 2 heterocycles. The molecule has 0 saturated carbocycles. The van der Waals surface area contributed by atoms with E-state index in [9.17, 15) is 0 Å². The van der Waals surface area contributed by atoms with Crippen LogP contribution in [0.25, 0.3) is 49.1 Å². The van der Waals surface area contributed by atoms with Crippen molar-refractivity contribution in [2.45, 2.75) is 0 Å². The molecular weight excluding hydrogens is 558 g/mol. The summed E-state index contributed by atoms with van der Waals surface area (Å²) in [5, 5.41) is 10.2. The third-order valence-corrected chi connectivity index (χ3v) is 14.9. The molecule has 0 fully saturated rings. The van der Waals surface area contributed by atoms with E-state index in [1.54, 1.807) is 0 Å². The van der Waals surface area contributed by atoms with Crippen molar-refractivity contribution in [2.24, 2.45) is 0 Å². The van der Waals surface area contributed by atoms with Gasteiger partial charge in [0, 0.05) is 0 Å². The molecule has 2 nitrogen and oxygen atoms in total. The number of imidazole rings is 1. The molecular formula is C35H23N2PSe. The van der Waals surface area contributed by atoms with Gasteiger partial charge in [-0.2, -0.15) is 0 Å². The number of rotatable bonds is 3. The van der Waals surface area contributed by atoms with Crippen LogP contribution in [-0.2, 0) is 0 Å². The second-order valence-corrected chi connectivity index (χ2v) is 16.2. The molecule has 0 unspecified atom stereocenters.